The molecule has 0 heterocycles. The summed E-state index contributed by atoms with van der Waals surface area (Å²) in [6.07, 6.45) is -4.50. The molecular weight excluding hydrogens is 297 g/mol. The number of aliphatic hydroxyl groups is 1. The molecular formula is C16H15F3O3. The number of hydrogen-bond donors (Lipinski definition) is 2. The number of phenolic OH excluding ortho intramolecular Hbond substituents is 1. The van der Waals surface area contributed by atoms with Gasteiger partial charge in [-0.05, 0) is 23.8 Å². The fraction of sp³-hybridized carbons (Fsp3) is 0.250. The molecule has 2 aromatic carbocycles. The van der Waals surface area contributed by atoms with Crippen molar-refractivity contribution in [2.24, 2.45) is 0 Å². The number of benzene rings is 2. The Kier molecular flexibility index (Phi) is 4.92. The number of phenols is 1. The van der Waals surface area contributed by atoms with E-state index in [1.807, 2.05) is 0 Å². The van der Waals surface area contributed by atoms with Crippen LogP contribution in [-0.2, 0) is 6.18 Å². The van der Waals surface area contributed by atoms with E-state index in [2.05, 4.69) is 0 Å². The van der Waals surface area contributed by atoms with Crippen LogP contribution in [0.3, 0.4) is 0 Å². The van der Waals surface area contributed by atoms with E-state index in [0.717, 1.165) is 6.07 Å². The van der Waals surface area contributed by atoms with Gasteiger partial charge in [-0.2, -0.15) is 13.2 Å². The van der Waals surface area contributed by atoms with Crippen molar-refractivity contribution in [3.8, 4) is 11.5 Å². The van der Waals surface area contributed by atoms with Crippen molar-refractivity contribution < 1.29 is 28.1 Å². The van der Waals surface area contributed by atoms with Crippen LogP contribution in [0, 0.1) is 0 Å². The van der Waals surface area contributed by atoms with Gasteiger partial charge >= 0.3 is 6.18 Å². The van der Waals surface area contributed by atoms with Gasteiger partial charge in [-0.1, -0.05) is 30.3 Å². The lowest BCUT2D eigenvalue weighted by Crippen LogP contribution is -2.19. The second-order valence-electron chi connectivity index (χ2n) is 4.74. The standard InChI is InChI=1S/C16H15F3O3/c17-16(18,19)13-6-2-1-5-12(13)11(9-20)10-22-15-8-4-3-7-14(15)21/h1-8,11,20-21H,9-10H2. The quantitative estimate of drug-likeness (QED) is 0.887. The number of hydrogen-bond acceptors (Lipinski definition) is 3. The average molecular weight is 312 g/mol. The third kappa shape index (κ3) is 3.71. The Morgan fingerprint density at radius 3 is 2.27 bits per heavy atom. The largest absolute Gasteiger partial charge is 0.504 e. The minimum Gasteiger partial charge on any atom is -0.504 e. The topological polar surface area (TPSA) is 49.7 Å². The molecule has 0 saturated heterocycles. The van der Waals surface area contributed by atoms with Crippen molar-refractivity contribution >= 4 is 0 Å². The molecule has 0 saturated carbocycles. The molecule has 0 radical (unpaired) electrons. The SMILES string of the molecule is OCC(COc1ccccc1O)c1ccccc1C(F)(F)F. The zero-order chi connectivity index (χ0) is 16.2. The van der Waals surface area contributed by atoms with E-state index in [0.29, 0.717) is 0 Å². The molecule has 2 rings (SSSR count). The highest BCUT2D eigenvalue weighted by Gasteiger charge is 2.35. The molecule has 2 N–H and O–H groups in total. The lowest BCUT2D eigenvalue weighted by atomic mass is 9.95. The molecule has 22 heavy (non-hydrogen) atoms. The van der Waals surface area contributed by atoms with Gasteiger partial charge in [0.15, 0.2) is 11.5 Å². The Labute approximate surface area is 125 Å². The first-order valence-electron chi connectivity index (χ1n) is 6.61. The molecule has 0 fully saturated rings. The smallest absolute Gasteiger partial charge is 0.416 e. The first-order chi connectivity index (χ1) is 10.4. The van der Waals surface area contributed by atoms with Crippen molar-refractivity contribution in [3.63, 3.8) is 0 Å². The number of para-hydroxylation sites is 2. The fourth-order valence-electron chi connectivity index (χ4n) is 2.12. The van der Waals surface area contributed by atoms with E-state index in [1.54, 1.807) is 12.1 Å². The summed E-state index contributed by atoms with van der Waals surface area (Å²) in [6, 6.07) is 11.2. The van der Waals surface area contributed by atoms with Gasteiger partial charge in [0.1, 0.15) is 0 Å². The van der Waals surface area contributed by atoms with Gasteiger partial charge in [-0.15, -0.1) is 0 Å². The van der Waals surface area contributed by atoms with E-state index in [-0.39, 0.29) is 23.7 Å². The molecule has 6 heteroatoms. The van der Waals surface area contributed by atoms with Gasteiger partial charge in [0.2, 0.25) is 0 Å². The Balaban J connectivity index is 2.21. The number of ether oxygens (including phenoxy) is 1. The zero-order valence-electron chi connectivity index (χ0n) is 11.5. The molecule has 0 amide bonds. The molecule has 3 nitrogen and oxygen atoms in total. The Morgan fingerprint density at radius 2 is 1.64 bits per heavy atom. The lowest BCUT2D eigenvalue weighted by molar-refractivity contribution is -0.138. The Bertz CT molecular complexity index is 626. The Hall–Kier alpha value is -2.21. The van der Waals surface area contributed by atoms with Crippen molar-refractivity contribution in [1.82, 2.24) is 0 Å². The molecule has 0 spiro atoms. The third-order valence-electron chi connectivity index (χ3n) is 3.23. The summed E-state index contributed by atoms with van der Waals surface area (Å²) in [5.74, 6) is -0.800. The van der Waals surface area contributed by atoms with Gasteiger partial charge in [0, 0.05) is 5.92 Å². The van der Waals surface area contributed by atoms with Gasteiger partial charge < -0.3 is 14.9 Å². The molecule has 0 aliphatic carbocycles. The van der Waals surface area contributed by atoms with Gasteiger partial charge in [0.05, 0.1) is 18.8 Å². The highest BCUT2D eigenvalue weighted by molar-refractivity contribution is 5.38. The maximum Gasteiger partial charge on any atom is 0.416 e. The van der Waals surface area contributed by atoms with Crippen LogP contribution in [0.1, 0.15) is 17.0 Å². The van der Waals surface area contributed by atoms with Crippen LogP contribution in [0.25, 0.3) is 0 Å². The van der Waals surface area contributed by atoms with Crippen molar-refractivity contribution in [2.75, 3.05) is 13.2 Å². The van der Waals surface area contributed by atoms with E-state index >= 15 is 0 Å². The van der Waals surface area contributed by atoms with Crippen LogP contribution < -0.4 is 4.74 Å². The second-order valence-corrected chi connectivity index (χ2v) is 4.74. The van der Waals surface area contributed by atoms with Gasteiger partial charge in [-0.3, -0.25) is 0 Å². The van der Waals surface area contributed by atoms with Gasteiger partial charge in [-0.25, -0.2) is 0 Å². The first kappa shape index (κ1) is 16.2. The number of alkyl halides is 3. The highest BCUT2D eigenvalue weighted by atomic mass is 19.4. The van der Waals surface area contributed by atoms with Crippen LogP contribution in [0.5, 0.6) is 11.5 Å². The first-order valence-corrected chi connectivity index (χ1v) is 6.61. The maximum atomic E-state index is 13.0. The minimum absolute atomic E-state index is 0.0343. The molecule has 1 unspecified atom stereocenters. The van der Waals surface area contributed by atoms with Crippen LogP contribution in [-0.4, -0.2) is 23.4 Å². The third-order valence-corrected chi connectivity index (χ3v) is 3.23. The highest BCUT2D eigenvalue weighted by Crippen LogP contribution is 2.35. The maximum absolute atomic E-state index is 13.0. The number of aliphatic hydroxyl groups excluding tert-OH is 1. The summed E-state index contributed by atoms with van der Waals surface area (Å²) in [5.41, 5.74) is -0.831. The van der Waals surface area contributed by atoms with E-state index < -0.39 is 24.3 Å². The summed E-state index contributed by atoms with van der Waals surface area (Å²) in [7, 11) is 0. The summed E-state index contributed by atoms with van der Waals surface area (Å²) < 4.78 is 44.4. The van der Waals surface area contributed by atoms with Crippen LogP contribution >= 0.6 is 0 Å². The fourth-order valence-corrected chi connectivity index (χ4v) is 2.12. The number of rotatable bonds is 5. The predicted molar refractivity (Wildman–Crippen MR) is 74.9 cm³/mol. The molecule has 2 aromatic rings. The second kappa shape index (κ2) is 6.70. The van der Waals surface area contributed by atoms with Crippen molar-refractivity contribution in [1.29, 1.82) is 0 Å². The lowest BCUT2D eigenvalue weighted by Gasteiger charge is -2.20. The zero-order valence-corrected chi connectivity index (χ0v) is 11.5. The van der Waals surface area contributed by atoms with Crippen LogP contribution in [0.15, 0.2) is 48.5 Å². The molecule has 0 bridgehead atoms. The van der Waals surface area contributed by atoms with Crippen molar-refractivity contribution in [2.45, 2.75) is 12.1 Å². The van der Waals surface area contributed by atoms with E-state index in [1.165, 1.54) is 30.3 Å². The summed E-state index contributed by atoms with van der Waals surface area (Å²) in [4.78, 5) is 0. The molecule has 0 aromatic heterocycles. The average Bonchev–Trinajstić information content (AvgIpc) is 2.49. The summed E-state index contributed by atoms with van der Waals surface area (Å²) in [5, 5.41) is 19.0. The monoisotopic (exact) mass is 312 g/mol. The van der Waals surface area contributed by atoms with Crippen LogP contribution in [0.2, 0.25) is 0 Å². The molecule has 118 valence electrons. The summed E-state index contributed by atoms with van der Waals surface area (Å²) in [6.45, 7) is -0.679. The molecule has 0 aliphatic rings. The van der Waals surface area contributed by atoms with Crippen LogP contribution in [0.4, 0.5) is 13.2 Å². The van der Waals surface area contributed by atoms with Crippen molar-refractivity contribution in [3.05, 3.63) is 59.7 Å². The normalized spacial score (nSPS) is 12.9. The summed E-state index contributed by atoms with van der Waals surface area (Å²) >= 11 is 0. The van der Waals surface area contributed by atoms with E-state index in [4.69, 9.17) is 4.74 Å². The minimum atomic E-state index is -4.50. The molecule has 0 aliphatic heterocycles. The predicted octanol–water partition coefficient (Wildman–Crippen LogP) is 3.57. The van der Waals surface area contributed by atoms with Gasteiger partial charge in [0.25, 0.3) is 0 Å². The van der Waals surface area contributed by atoms with E-state index in [9.17, 15) is 23.4 Å². The number of halogens is 3. The Morgan fingerprint density at radius 1 is 1.00 bits per heavy atom. The molecule has 1 atom stereocenters. The number of aromatic hydroxyl groups is 1.